The van der Waals surface area contributed by atoms with Crippen LogP contribution in [-0.4, -0.2) is 62.5 Å². The van der Waals surface area contributed by atoms with Crippen LogP contribution >= 0.6 is 11.6 Å². The number of hydrogen-bond acceptors (Lipinski definition) is 6. The molecular formula is C47H45ClN6O3. The normalized spacial score (nSPS) is 21.2. The topological polar surface area (TPSA) is 111 Å². The van der Waals surface area contributed by atoms with E-state index in [1.165, 1.54) is 12.8 Å². The summed E-state index contributed by atoms with van der Waals surface area (Å²) in [5, 5.41) is 16.9. The summed E-state index contributed by atoms with van der Waals surface area (Å²) >= 11 is 6.31. The second-order valence-electron chi connectivity index (χ2n) is 15.8. The molecule has 8 rings (SSSR count). The quantitative estimate of drug-likeness (QED) is 0.170. The highest BCUT2D eigenvalue weighted by Gasteiger charge is 2.39. The first-order valence-electron chi connectivity index (χ1n) is 20.0. The van der Waals surface area contributed by atoms with E-state index in [0.29, 0.717) is 53.5 Å². The zero-order valence-corrected chi connectivity index (χ0v) is 33.2. The van der Waals surface area contributed by atoms with E-state index in [4.69, 9.17) is 16.7 Å². The van der Waals surface area contributed by atoms with E-state index in [-0.39, 0.29) is 18.2 Å². The number of nitriles is 1. The molecule has 0 spiro atoms. The molecular weight excluding hydrogens is 732 g/mol. The number of hydrogen-bond donors (Lipinski definition) is 1. The summed E-state index contributed by atoms with van der Waals surface area (Å²) in [6, 6.07) is 21.8. The van der Waals surface area contributed by atoms with Crippen molar-refractivity contribution < 1.29 is 14.4 Å². The van der Waals surface area contributed by atoms with Gasteiger partial charge in [0.2, 0.25) is 11.8 Å². The summed E-state index contributed by atoms with van der Waals surface area (Å²) in [4.78, 5) is 41.4. The number of benzene rings is 3. The predicted molar refractivity (Wildman–Crippen MR) is 219 cm³/mol. The van der Waals surface area contributed by atoms with Crippen LogP contribution < -0.4 is 5.32 Å². The number of imide groups is 1. The maximum atomic E-state index is 13.2. The van der Waals surface area contributed by atoms with E-state index in [1.807, 2.05) is 35.0 Å². The maximum Gasteiger partial charge on any atom is 0.255 e. The SMILES string of the molecule is Cc1c(-c2ccc(C#N)c(Cl)c2)nn(Cc2ccc(C#CC3CCC(N4CCC(C#Cc5ccc6c(c5)C(=O)N(C5CCC(=O)NC5=O)C6)CC4)CC3)cc2)c1C. The summed E-state index contributed by atoms with van der Waals surface area (Å²) in [5.41, 5.74) is 8.95. The Hall–Kier alpha value is -5.66. The van der Waals surface area contributed by atoms with Crippen molar-refractivity contribution in [2.24, 2.45) is 11.8 Å². The minimum Gasteiger partial charge on any atom is -0.322 e. The van der Waals surface area contributed by atoms with Gasteiger partial charge in [-0.05, 0) is 125 Å². The lowest BCUT2D eigenvalue weighted by Crippen LogP contribution is -2.52. The van der Waals surface area contributed by atoms with Gasteiger partial charge in [0.05, 0.1) is 22.8 Å². The number of amides is 3. The summed E-state index contributed by atoms with van der Waals surface area (Å²) in [6.45, 7) is 7.29. The summed E-state index contributed by atoms with van der Waals surface area (Å²) < 4.78 is 2.02. The summed E-state index contributed by atoms with van der Waals surface area (Å²) in [5.74, 6) is 13.8. The van der Waals surface area contributed by atoms with E-state index < -0.39 is 11.9 Å². The molecule has 1 N–H and O–H groups in total. The lowest BCUT2D eigenvalue weighted by molar-refractivity contribution is -0.136. The average molecular weight is 777 g/mol. The van der Waals surface area contributed by atoms with Crippen LogP contribution in [0.2, 0.25) is 5.02 Å². The molecule has 0 bridgehead atoms. The van der Waals surface area contributed by atoms with Crippen molar-refractivity contribution in [2.75, 3.05) is 13.1 Å². The van der Waals surface area contributed by atoms with Crippen LogP contribution in [0.5, 0.6) is 0 Å². The number of halogens is 1. The Morgan fingerprint density at radius 1 is 0.842 bits per heavy atom. The Bertz CT molecular complexity index is 2410. The average Bonchev–Trinajstić information content (AvgIpc) is 3.70. The van der Waals surface area contributed by atoms with Gasteiger partial charge in [-0.3, -0.25) is 24.4 Å². The van der Waals surface area contributed by atoms with E-state index in [9.17, 15) is 19.6 Å². The molecule has 1 aliphatic carbocycles. The third-order valence-corrected chi connectivity index (χ3v) is 12.6. The first kappa shape index (κ1) is 38.2. The molecule has 9 nitrogen and oxygen atoms in total. The number of nitrogens with one attached hydrogen (secondary N) is 1. The predicted octanol–water partition coefficient (Wildman–Crippen LogP) is 7.18. The van der Waals surface area contributed by atoms with Crippen molar-refractivity contribution in [1.29, 1.82) is 5.26 Å². The Morgan fingerprint density at radius 2 is 1.54 bits per heavy atom. The van der Waals surface area contributed by atoms with Gasteiger partial charge in [-0.1, -0.05) is 59.5 Å². The molecule has 57 heavy (non-hydrogen) atoms. The van der Waals surface area contributed by atoms with Crippen molar-refractivity contribution in [3.05, 3.63) is 110 Å². The molecule has 1 unspecified atom stereocenters. The lowest BCUT2D eigenvalue weighted by Gasteiger charge is -2.39. The number of likely N-dealkylation sites (tertiary alicyclic amines) is 1. The minimum atomic E-state index is -0.608. The molecule has 3 amide bonds. The second-order valence-corrected chi connectivity index (χ2v) is 16.3. The number of carbonyl (C=O) groups is 3. The van der Waals surface area contributed by atoms with Gasteiger partial charge in [0, 0.05) is 58.8 Å². The highest BCUT2D eigenvalue weighted by atomic mass is 35.5. The molecule has 4 aromatic rings. The van der Waals surface area contributed by atoms with Gasteiger partial charge in [0.1, 0.15) is 12.1 Å². The third kappa shape index (κ3) is 8.26. The maximum absolute atomic E-state index is 13.2. The van der Waals surface area contributed by atoms with Crippen molar-refractivity contribution in [2.45, 2.75) is 90.4 Å². The van der Waals surface area contributed by atoms with Gasteiger partial charge < -0.3 is 9.80 Å². The second kappa shape index (κ2) is 16.4. The van der Waals surface area contributed by atoms with Crippen LogP contribution in [0.3, 0.4) is 0 Å². The fourth-order valence-electron chi connectivity index (χ4n) is 8.68. The fourth-order valence-corrected chi connectivity index (χ4v) is 8.90. The number of carbonyl (C=O) groups excluding carboxylic acids is 3. The van der Waals surface area contributed by atoms with Crippen molar-refractivity contribution >= 4 is 29.3 Å². The Kier molecular flexibility index (Phi) is 11.0. The number of fused-ring (bicyclic) bond motifs is 1. The Morgan fingerprint density at radius 3 is 2.25 bits per heavy atom. The summed E-state index contributed by atoms with van der Waals surface area (Å²) in [6.07, 6.45) is 7.29. The Balaban J connectivity index is 0.791. The molecule has 3 aliphatic heterocycles. The number of piperidine rings is 2. The minimum absolute atomic E-state index is 0.164. The molecule has 1 saturated carbocycles. The zero-order valence-electron chi connectivity index (χ0n) is 32.4. The van der Waals surface area contributed by atoms with Crippen molar-refractivity contribution in [3.8, 4) is 41.0 Å². The largest absolute Gasteiger partial charge is 0.322 e. The van der Waals surface area contributed by atoms with Gasteiger partial charge in [0.25, 0.3) is 5.91 Å². The highest BCUT2D eigenvalue weighted by molar-refractivity contribution is 6.32. The van der Waals surface area contributed by atoms with E-state index in [2.05, 4.69) is 78.1 Å². The monoisotopic (exact) mass is 776 g/mol. The number of aromatic nitrogens is 2. The molecule has 4 heterocycles. The molecule has 2 saturated heterocycles. The van der Waals surface area contributed by atoms with Gasteiger partial charge in [0.15, 0.2) is 0 Å². The van der Waals surface area contributed by atoms with Crippen LogP contribution in [0.4, 0.5) is 0 Å². The van der Waals surface area contributed by atoms with Gasteiger partial charge in [-0.2, -0.15) is 10.4 Å². The smallest absolute Gasteiger partial charge is 0.255 e. The molecule has 288 valence electrons. The van der Waals surface area contributed by atoms with Gasteiger partial charge in [-0.15, -0.1) is 0 Å². The highest BCUT2D eigenvalue weighted by Crippen LogP contribution is 2.32. The van der Waals surface area contributed by atoms with Crippen LogP contribution in [0.25, 0.3) is 11.3 Å². The first-order valence-corrected chi connectivity index (χ1v) is 20.4. The van der Waals surface area contributed by atoms with Gasteiger partial charge >= 0.3 is 0 Å². The zero-order chi connectivity index (χ0) is 39.6. The van der Waals surface area contributed by atoms with Crippen molar-refractivity contribution in [1.82, 2.24) is 24.9 Å². The fraction of sp³-hybridized carbons (Fsp3) is 0.383. The molecule has 10 heteroatoms. The van der Waals surface area contributed by atoms with Crippen LogP contribution in [-0.2, 0) is 22.7 Å². The number of rotatable bonds is 5. The third-order valence-electron chi connectivity index (χ3n) is 12.3. The van der Waals surface area contributed by atoms with Crippen LogP contribution in [0, 0.1) is 60.7 Å². The van der Waals surface area contributed by atoms with Crippen LogP contribution in [0.15, 0.2) is 60.7 Å². The van der Waals surface area contributed by atoms with Crippen LogP contribution in [0.1, 0.15) is 101 Å². The summed E-state index contributed by atoms with van der Waals surface area (Å²) in [7, 11) is 0. The molecule has 3 fully saturated rings. The lowest BCUT2D eigenvalue weighted by atomic mass is 9.84. The first-order chi connectivity index (χ1) is 27.6. The van der Waals surface area contributed by atoms with E-state index >= 15 is 0 Å². The molecule has 3 aromatic carbocycles. The number of nitrogens with zero attached hydrogens (tertiary/aromatic N) is 5. The standard InChI is InChI=1S/C47H45ClN6O3/c1-30-31(2)54(51-45(30)37-15-16-38(27-49)42(48)26-37)28-36-9-6-32(7-10-36)3-4-33-12-17-40(18-13-33)52-23-21-34(22-24-52)5-8-35-11-14-39-29-53(47(57)41(39)25-35)43-19-20-44(55)50-46(43)56/h6-7,9-11,14-16,25-26,33-34,40,43H,12-13,17-24,28-29H2,1-2H3,(H,50,55,56). The van der Waals surface area contributed by atoms with E-state index in [0.717, 1.165) is 83.5 Å². The Labute approximate surface area is 339 Å². The van der Waals surface area contributed by atoms with Gasteiger partial charge in [-0.25, -0.2) is 0 Å². The molecule has 1 atom stereocenters. The van der Waals surface area contributed by atoms with Crippen molar-refractivity contribution in [3.63, 3.8) is 0 Å². The molecule has 1 aromatic heterocycles. The molecule has 4 aliphatic rings. The molecule has 0 radical (unpaired) electrons. The van der Waals surface area contributed by atoms with E-state index in [1.54, 1.807) is 11.0 Å².